The van der Waals surface area contributed by atoms with Crippen LogP contribution in [0.25, 0.3) is 0 Å². The molecule has 0 rings (SSSR count). The SMILES string of the molecule is C=C([S-])C#N.[Na+]. The summed E-state index contributed by atoms with van der Waals surface area (Å²) in [5.41, 5.74) is 0. The fraction of sp³-hybridized carbons (Fsp3) is 0. The molecule has 0 aliphatic heterocycles. The summed E-state index contributed by atoms with van der Waals surface area (Å²) in [6.45, 7) is 3.13. The molecule has 0 unspecified atom stereocenters. The standard InChI is InChI=1S/C3H3NS.Na/c1-3(5)2-4;/h5H,1H2;/q;+1/p-1. The van der Waals surface area contributed by atoms with Gasteiger partial charge in [0.1, 0.15) is 0 Å². The van der Waals surface area contributed by atoms with Crippen LogP contribution in [0.5, 0.6) is 0 Å². The summed E-state index contributed by atoms with van der Waals surface area (Å²) in [5.74, 6) is 0. The number of rotatable bonds is 0. The zero-order valence-corrected chi connectivity index (χ0v) is 6.38. The Hall–Kier alpha value is 0.450. The van der Waals surface area contributed by atoms with Crippen LogP contribution in [0.4, 0.5) is 0 Å². The first-order valence-electron chi connectivity index (χ1n) is 1.03. The van der Waals surface area contributed by atoms with E-state index in [9.17, 15) is 0 Å². The summed E-state index contributed by atoms with van der Waals surface area (Å²) < 4.78 is 0. The molecule has 0 aliphatic rings. The van der Waals surface area contributed by atoms with Crippen LogP contribution < -0.4 is 29.6 Å². The number of nitriles is 1. The summed E-state index contributed by atoms with van der Waals surface area (Å²) in [5, 5.41) is 7.69. The molecule has 0 amide bonds. The normalized spacial score (nSPS) is 4.50. The maximum atomic E-state index is 7.69. The molecule has 0 saturated carbocycles. The molecule has 0 N–H and O–H groups in total. The van der Waals surface area contributed by atoms with Crippen LogP contribution in [0.15, 0.2) is 11.5 Å². The van der Waals surface area contributed by atoms with E-state index < -0.39 is 0 Å². The third kappa shape index (κ3) is 8.82. The molecule has 0 fully saturated rings. The van der Waals surface area contributed by atoms with Crippen LogP contribution in [-0.2, 0) is 12.6 Å². The van der Waals surface area contributed by atoms with Gasteiger partial charge in [0.2, 0.25) is 0 Å². The quantitative estimate of drug-likeness (QED) is 0.195. The Morgan fingerprint density at radius 2 is 2.00 bits per heavy atom. The summed E-state index contributed by atoms with van der Waals surface area (Å²) >= 11 is 4.22. The third-order valence-electron chi connectivity index (χ3n) is 0.125. The van der Waals surface area contributed by atoms with E-state index in [4.69, 9.17) is 5.26 Å². The largest absolute Gasteiger partial charge is 1.00 e. The molecular formula is C3H2NNaS. The zero-order chi connectivity index (χ0) is 4.28. The topological polar surface area (TPSA) is 23.8 Å². The van der Waals surface area contributed by atoms with Gasteiger partial charge in [0.25, 0.3) is 0 Å². The van der Waals surface area contributed by atoms with Crippen LogP contribution in [-0.4, -0.2) is 0 Å². The summed E-state index contributed by atoms with van der Waals surface area (Å²) in [7, 11) is 0. The second-order valence-corrected chi connectivity index (χ2v) is 1.03. The van der Waals surface area contributed by atoms with Gasteiger partial charge in [0, 0.05) is 0 Å². The van der Waals surface area contributed by atoms with Gasteiger partial charge >= 0.3 is 29.6 Å². The number of hydrogen-bond donors (Lipinski definition) is 0. The van der Waals surface area contributed by atoms with Crippen LogP contribution in [0.2, 0.25) is 0 Å². The van der Waals surface area contributed by atoms with Crippen LogP contribution >= 0.6 is 0 Å². The average molecular weight is 107 g/mol. The first kappa shape index (κ1) is 9.67. The molecule has 0 atom stereocenters. The number of hydrogen-bond acceptors (Lipinski definition) is 2. The van der Waals surface area contributed by atoms with E-state index in [1.165, 1.54) is 0 Å². The van der Waals surface area contributed by atoms with Gasteiger partial charge in [-0.15, -0.1) is 11.5 Å². The van der Waals surface area contributed by atoms with E-state index in [1.807, 2.05) is 0 Å². The van der Waals surface area contributed by atoms with Crippen LogP contribution in [0.1, 0.15) is 0 Å². The molecule has 0 spiro atoms. The predicted molar refractivity (Wildman–Crippen MR) is 22.1 cm³/mol. The molecule has 0 heterocycles. The monoisotopic (exact) mass is 107 g/mol. The molecule has 0 aromatic heterocycles. The zero-order valence-electron chi connectivity index (χ0n) is 3.56. The molecule has 0 aromatic carbocycles. The van der Waals surface area contributed by atoms with Crippen LogP contribution in [0, 0.1) is 11.3 Å². The minimum atomic E-state index is 0. The second kappa shape index (κ2) is 5.45. The molecule has 0 saturated heterocycles. The Morgan fingerprint density at radius 1 is 1.83 bits per heavy atom. The van der Waals surface area contributed by atoms with Gasteiger partial charge < -0.3 is 12.6 Å². The van der Waals surface area contributed by atoms with Crippen molar-refractivity contribution < 1.29 is 29.6 Å². The van der Waals surface area contributed by atoms with Crippen molar-refractivity contribution in [2.75, 3.05) is 0 Å². The molecule has 3 heteroatoms. The van der Waals surface area contributed by atoms with E-state index in [0.717, 1.165) is 0 Å². The molecule has 0 radical (unpaired) electrons. The maximum absolute atomic E-state index is 7.69. The first-order chi connectivity index (χ1) is 2.27. The molecule has 6 heavy (non-hydrogen) atoms. The molecular weight excluding hydrogens is 105 g/mol. The molecule has 1 nitrogen and oxygen atoms in total. The summed E-state index contributed by atoms with van der Waals surface area (Å²) in [4.78, 5) is 0.144. The minimum absolute atomic E-state index is 0. The second-order valence-electron chi connectivity index (χ2n) is 0.535. The Bertz CT molecular complexity index is 83.3. The number of nitrogens with zero attached hydrogens (tertiary/aromatic N) is 1. The van der Waals surface area contributed by atoms with E-state index in [0.29, 0.717) is 0 Å². The van der Waals surface area contributed by atoms with E-state index in [1.54, 1.807) is 6.07 Å². The van der Waals surface area contributed by atoms with Crippen molar-refractivity contribution in [3.63, 3.8) is 0 Å². The average Bonchev–Trinajstić information content (AvgIpc) is 1.38. The Balaban J connectivity index is 0. The van der Waals surface area contributed by atoms with Crippen molar-refractivity contribution in [1.29, 1.82) is 5.26 Å². The van der Waals surface area contributed by atoms with E-state index in [2.05, 4.69) is 19.2 Å². The van der Waals surface area contributed by atoms with Crippen LogP contribution in [0.3, 0.4) is 0 Å². The first-order valence-corrected chi connectivity index (χ1v) is 1.44. The fourth-order valence-electron chi connectivity index (χ4n) is 0. The molecule has 0 bridgehead atoms. The molecule has 26 valence electrons. The Labute approximate surface area is 64.7 Å². The van der Waals surface area contributed by atoms with Crippen molar-refractivity contribution in [1.82, 2.24) is 0 Å². The van der Waals surface area contributed by atoms with Crippen molar-refractivity contribution in [2.24, 2.45) is 0 Å². The van der Waals surface area contributed by atoms with Gasteiger partial charge in [-0.25, -0.2) is 0 Å². The Morgan fingerprint density at radius 3 is 2.00 bits per heavy atom. The Kier molecular flexibility index (Phi) is 8.79. The third-order valence-corrected chi connectivity index (χ3v) is 0.216. The maximum Gasteiger partial charge on any atom is 1.00 e. The van der Waals surface area contributed by atoms with Gasteiger partial charge in [-0.2, -0.15) is 5.26 Å². The predicted octanol–water partition coefficient (Wildman–Crippen LogP) is -2.43. The van der Waals surface area contributed by atoms with Crippen molar-refractivity contribution in [3.8, 4) is 6.07 Å². The van der Waals surface area contributed by atoms with Crippen molar-refractivity contribution in [3.05, 3.63) is 11.5 Å². The van der Waals surface area contributed by atoms with Crippen molar-refractivity contribution in [2.45, 2.75) is 0 Å². The smallest absolute Gasteiger partial charge is 0.770 e. The van der Waals surface area contributed by atoms with E-state index >= 15 is 0 Å². The number of allylic oxidation sites excluding steroid dienone is 1. The summed E-state index contributed by atoms with van der Waals surface area (Å²) in [6, 6.07) is 1.65. The van der Waals surface area contributed by atoms with Gasteiger partial charge in [0.05, 0.1) is 6.07 Å². The van der Waals surface area contributed by atoms with Crippen molar-refractivity contribution >= 4 is 12.6 Å². The van der Waals surface area contributed by atoms with Gasteiger partial charge in [-0.05, 0) is 0 Å². The van der Waals surface area contributed by atoms with Gasteiger partial charge in [-0.1, -0.05) is 0 Å². The molecule has 0 aromatic rings. The fourth-order valence-corrected chi connectivity index (χ4v) is 0. The summed E-state index contributed by atoms with van der Waals surface area (Å²) in [6.07, 6.45) is 0. The van der Waals surface area contributed by atoms with Gasteiger partial charge in [0.15, 0.2) is 0 Å². The van der Waals surface area contributed by atoms with Gasteiger partial charge in [-0.3, -0.25) is 0 Å². The van der Waals surface area contributed by atoms with E-state index in [-0.39, 0.29) is 34.5 Å². The molecule has 0 aliphatic carbocycles. The minimum Gasteiger partial charge on any atom is -0.770 e.